The molecule has 0 heterocycles. The first-order valence-electron chi connectivity index (χ1n) is 5.94. The molecular weight excluding hydrogens is 226 g/mol. The van der Waals surface area contributed by atoms with Crippen molar-refractivity contribution < 1.29 is 15.3 Å². The third-order valence-electron chi connectivity index (χ3n) is 3.37. The van der Waals surface area contributed by atoms with Gasteiger partial charge in [-0.25, -0.2) is 0 Å². The Morgan fingerprint density at radius 3 is 2.00 bits per heavy atom. The molecule has 0 unspecified atom stereocenters. The van der Waals surface area contributed by atoms with Gasteiger partial charge in [-0.3, -0.25) is 5.73 Å². The first-order chi connectivity index (χ1) is 8.77. The molecule has 1 amide bonds. The van der Waals surface area contributed by atoms with Gasteiger partial charge in [0.2, 0.25) is 0 Å². The van der Waals surface area contributed by atoms with E-state index in [0.29, 0.717) is 6.61 Å². The number of carbonyl (C=O) groups is 1. The van der Waals surface area contributed by atoms with E-state index in [-0.39, 0.29) is 5.92 Å². The number of amides is 1. The van der Waals surface area contributed by atoms with Crippen molar-refractivity contribution in [2.24, 2.45) is 0 Å². The molecule has 0 saturated heterocycles. The van der Waals surface area contributed by atoms with Crippen LogP contribution in [-0.4, -0.2) is 12.7 Å². The molecule has 2 aromatic rings. The van der Waals surface area contributed by atoms with Crippen LogP contribution in [0.5, 0.6) is 0 Å². The van der Waals surface area contributed by atoms with Gasteiger partial charge in [-0.1, -0.05) is 48.5 Å². The van der Waals surface area contributed by atoms with Gasteiger partial charge in [0, 0.05) is 5.92 Å². The Kier molecular flexibility index (Phi) is 2.61. The normalized spacial score (nSPS) is 12.9. The van der Waals surface area contributed by atoms with E-state index in [1.54, 1.807) is 0 Å². The van der Waals surface area contributed by atoms with Gasteiger partial charge < -0.3 is 4.74 Å². The number of ether oxygens (including phenoxy) is 1. The molecule has 0 bridgehead atoms. The van der Waals surface area contributed by atoms with E-state index in [0.717, 1.165) is 0 Å². The molecule has 0 radical (unpaired) electrons. The third kappa shape index (κ3) is 1.69. The van der Waals surface area contributed by atoms with Crippen LogP contribution >= 0.6 is 0 Å². The van der Waals surface area contributed by atoms with E-state index in [4.69, 9.17) is 4.74 Å². The highest BCUT2D eigenvalue weighted by Crippen LogP contribution is 2.44. The van der Waals surface area contributed by atoms with Crippen LogP contribution in [0, 0.1) is 0 Å². The molecule has 1 aliphatic rings. The van der Waals surface area contributed by atoms with Gasteiger partial charge in [-0.2, -0.15) is 4.79 Å². The Hall–Kier alpha value is -2.13. The second-order valence-corrected chi connectivity index (χ2v) is 4.41. The lowest BCUT2D eigenvalue weighted by molar-refractivity contribution is -0.282. The summed E-state index contributed by atoms with van der Waals surface area (Å²) in [7, 11) is 0. The summed E-state index contributed by atoms with van der Waals surface area (Å²) >= 11 is 0. The van der Waals surface area contributed by atoms with Gasteiger partial charge in [0.1, 0.15) is 6.61 Å². The molecule has 1 aliphatic carbocycles. The average molecular weight is 240 g/mol. The second kappa shape index (κ2) is 4.27. The van der Waals surface area contributed by atoms with Gasteiger partial charge in [0.25, 0.3) is 0 Å². The van der Waals surface area contributed by atoms with Crippen molar-refractivity contribution in [3.05, 3.63) is 59.7 Å². The Balaban J connectivity index is 2.06. The SMILES string of the molecule is [NH3+]C(=O)OCC1c2ccccc2-c2ccccc21. The van der Waals surface area contributed by atoms with Crippen LogP contribution in [0.4, 0.5) is 4.79 Å². The molecule has 0 fully saturated rings. The summed E-state index contributed by atoms with van der Waals surface area (Å²) in [6.07, 6.45) is -0.475. The molecule has 3 heteroatoms. The second-order valence-electron chi connectivity index (χ2n) is 4.41. The first kappa shape index (κ1) is 11.0. The fourth-order valence-corrected chi connectivity index (χ4v) is 2.62. The van der Waals surface area contributed by atoms with Crippen LogP contribution in [0.1, 0.15) is 17.0 Å². The number of carbonyl (C=O) groups excluding carboxylic acids is 1. The van der Waals surface area contributed by atoms with Gasteiger partial charge in [0.15, 0.2) is 0 Å². The molecular formula is C15H14NO2+. The van der Waals surface area contributed by atoms with Crippen LogP contribution < -0.4 is 5.73 Å². The number of quaternary nitrogens is 1. The van der Waals surface area contributed by atoms with E-state index in [9.17, 15) is 4.79 Å². The van der Waals surface area contributed by atoms with Crippen molar-refractivity contribution in [2.75, 3.05) is 6.61 Å². The minimum atomic E-state index is -0.475. The molecule has 0 aromatic heterocycles. The van der Waals surface area contributed by atoms with Crippen molar-refractivity contribution in [1.29, 1.82) is 0 Å². The Labute approximate surface area is 105 Å². The zero-order valence-corrected chi connectivity index (χ0v) is 9.93. The largest absolute Gasteiger partial charge is 0.511 e. The van der Waals surface area contributed by atoms with E-state index in [1.807, 2.05) is 24.3 Å². The Morgan fingerprint density at radius 1 is 1.00 bits per heavy atom. The zero-order valence-electron chi connectivity index (χ0n) is 9.93. The standard InChI is InChI=1S/C15H13NO2/c16-15(17)18-9-14-12-7-3-1-5-10(12)11-6-2-4-8-13(11)14/h1-8,14H,9H2,(H2,16,17)/p+1. The van der Waals surface area contributed by atoms with E-state index in [2.05, 4.69) is 30.0 Å². The van der Waals surface area contributed by atoms with Crippen LogP contribution in [0.15, 0.2) is 48.5 Å². The topological polar surface area (TPSA) is 53.9 Å². The fraction of sp³-hybridized carbons (Fsp3) is 0.133. The maximum absolute atomic E-state index is 10.9. The first-order valence-corrected chi connectivity index (χ1v) is 5.94. The Morgan fingerprint density at radius 2 is 1.50 bits per heavy atom. The van der Waals surface area contributed by atoms with Crippen molar-refractivity contribution in [1.82, 2.24) is 0 Å². The minimum absolute atomic E-state index is 0.128. The molecule has 3 rings (SSSR count). The number of hydrogen-bond acceptors (Lipinski definition) is 2. The van der Waals surface area contributed by atoms with Crippen molar-refractivity contribution in [2.45, 2.75) is 5.92 Å². The molecule has 18 heavy (non-hydrogen) atoms. The summed E-state index contributed by atoms with van der Waals surface area (Å²) in [6, 6.07) is 16.5. The number of benzene rings is 2. The highest BCUT2D eigenvalue weighted by atomic mass is 16.5. The molecule has 0 spiro atoms. The van der Waals surface area contributed by atoms with Crippen molar-refractivity contribution >= 4 is 6.09 Å². The summed E-state index contributed by atoms with van der Waals surface area (Å²) in [5.41, 5.74) is 8.16. The quantitative estimate of drug-likeness (QED) is 0.874. The fourth-order valence-electron chi connectivity index (χ4n) is 2.62. The molecule has 3 nitrogen and oxygen atoms in total. The van der Waals surface area contributed by atoms with E-state index in [1.165, 1.54) is 22.3 Å². The molecule has 0 atom stereocenters. The predicted octanol–water partition coefficient (Wildman–Crippen LogP) is 2.18. The lowest BCUT2D eigenvalue weighted by atomic mass is 9.98. The van der Waals surface area contributed by atoms with Crippen molar-refractivity contribution in [3.63, 3.8) is 0 Å². The lowest BCUT2D eigenvalue weighted by Crippen LogP contribution is -2.57. The molecule has 0 saturated carbocycles. The summed E-state index contributed by atoms with van der Waals surface area (Å²) in [5.74, 6) is 0.128. The van der Waals surface area contributed by atoms with Gasteiger partial charge >= 0.3 is 6.09 Å². The average Bonchev–Trinajstić information content (AvgIpc) is 2.71. The summed E-state index contributed by atoms with van der Waals surface area (Å²) in [4.78, 5) is 10.9. The predicted molar refractivity (Wildman–Crippen MR) is 68.0 cm³/mol. The maximum Gasteiger partial charge on any atom is 0.511 e. The van der Waals surface area contributed by atoms with E-state index < -0.39 is 6.09 Å². The molecule has 0 aliphatic heterocycles. The van der Waals surface area contributed by atoms with Crippen molar-refractivity contribution in [3.8, 4) is 11.1 Å². The van der Waals surface area contributed by atoms with Crippen LogP contribution in [0.3, 0.4) is 0 Å². The van der Waals surface area contributed by atoms with Gasteiger partial charge in [-0.05, 0) is 22.3 Å². The van der Waals surface area contributed by atoms with Gasteiger partial charge in [0.05, 0.1) is 0 Å². The summed E-state index contributed by atoms with van der Waals surface area (Å²) < 4.78 is 5.09. The zero-order chi connectivity index (χ0) is 12.5. The minimum Gasteiger partial charge on any atom is -0.419 e. The molecule has 90 valence electrons. The summed E-state index contributed by atoms with van der Waals surface area (Å²) in [5, 5.41) is 0. The summed E-state index contributed by atoms with van der Waals surface area (Å²) in [6.45, 7) is 0.357. The monoisotopic (exact) mass is 240 g/mol. The smallest absolute Gasteiger partial charge is 0.419 e. The molecule has 2 aromatic carbocycles. The third-order valence-corrected chi connectivity index (χ3v) is 3.37. The molecule has 3 N–H and O–H groups in total. The lowest BCUT2D eigenvalue weighted by Gasteiger charge is -2.11. The number of rotatable bonds is 2. The number of fused-ring (bicyclic) bond motifs is 3. The van der Waals surface area contributed by atoms with Gasteiger partial charge in [-0.15, -0.1) is 0 Å². The highest BCUT2D eigenvalue weighted by molar-refractivity contribution is 5.78. The van der Waals surface area contributed by atoms with Crippen LogP contribution in [0.2, 0.25) is 0 Å². The van der Waals surface area contributed by atoms with E-state index >= 15 is 0 Å². The maximum atomic E-state index is 10.9. The van der Waals surface area contributed by atoms with Crippen LogP contribution in [-0.2, 0) is 4.74 Å². The highest BCUT2D eigenvalue weighted by Gasteiger charge is 2.28. The van der Waals surface area contributed by atoms with Crippen LogP contribution in [0.25, 0.3) is 11.1 Å². The Bertz CT molecular complexity index is 561. The number of hydrogen-bond donors (Lipinski definition) is 1.